The van der Waals surface area contributed by atoms with Crippen molar-refractivity contribution in [1.29, 1.82) is 0 Å². The summed E-state index contributed by atoms with van der Waals surface area (Å²) < 4.78 is 0.864. The number of thiophene rings is 1. The van der Waals surface area contributed by atoms with E-state index in [1.54, 1.807) is 23.5 Å². The van der Waals surface area contributed by atoms with Gasteiger partial charge in [-0.15, -0.1) is 11.3 Å². The molecule has 0 bridgehead atoms. The molecule has 4 N–H and O–H groups in total. The van der Waals surface area contributed by atoms with E-state index in [0.29, 0.717) is 5.56 Å². The predicted octanol–water partition coefficient (Wildman–Crippen LogP) is 1.64. The highest BCUT2D eigenvalue weighted by molar-refractivity contribution is 9.10. The van der Waals surface area contributed by atoms with Crippen LogP contribution in [0.3, 0.4) is 0 Å². The highest BCUT2D eigenvalue weighted by Crippen LogP contribution is 2.40. The minimum atomic E-state index is -0.419. The lowest BCUT2D eigenvalue weighted by Crippen LogP contribution is -3.08. The molecule has 1 aromatic carbocycles. The molecule has 5 nitrogen and oxygen atoms in total. The van der Waals surface area contributed by atoms with Gasteiger partial charge in [-0.2, -0.15) is 0 Å². The molecule has 0 fully saturated rings. The summed E-state index contributed by atoms with van der Waals surface area (Å²) in [5.41, 5.74) is 2.65. The van der Waals surface area contributed by atoms with Crippen LogP contribution in [0, 0.1) is 0 Å². The summed E-state index contributed by atoms with van der Waals surface area (Å²) in [6.45, 7) is 2.02. The number of nitrogens with one attached hydrogen (secondary N) is 3. The fourth-order valence-corrected chi connectivity index (χ4v) is 5.01. The van der Waals surface area contributed by atoms with E-state index in [9.17, 15) is 9.90 Å². The Morgan fingerprint density at radius 3 is 3.04 bits per heavy atom. The maximum Gasteiger partial charge on any atom is 0.256 e. The van der Waals surface area contributed by atoms with Gasteiger partial charge in [-0.1, -0.05) is 15.9 Å². The van der Waals surface area contributed by atoms with E-state index in [1.165, 1.54) is 15.3 Å². The van der Waals surface area contributed by atoms with E-state index in [2.05, 4.69) is 33.6 Å². The van der Waals surface area contributed by atoms with Crippen molar-refractivity contribution < 1.29 is 14.8 Å². The first-order chi connectivity index (χ1) is 11.0. The van der Waals surface area contributed by atoms with Gasteiger partial charge in [0.2, 0.25) is 0 Å². The Morgan fingerprint density at radius 1 is 1.39 bits per heavy atom. The van der Waals surface area contributed by atoms with Crippen LogP contribution in [-0.4, -0.2) is 24.6 Å². The topological polar surface area (TPSA) is 65.8 Å². The number of quaternary nitrogens is 1. The van der Waals surface area contributed by atoms with Gasteiger partial charge in [0, 0.05) is 16.5 Å². The Balaban J connectivity index is 1.73. The number of phenols is 1. The molecule has 23 heavy (non-hydrogen) atoms. The van der Waals surface area contributed by atoms with E-state index >= 15 is 0 Å². The molecule has 1 aromatic heterocycles. The highest BCUT2D eigenvalue weighted by atomic mass is 79.9. The van der Waals surface area contributed by atoms with Crippen LogP contribution < -0.4 is 15.5 Å². The van der Waals surface area contributed by atoms with E-state index in [1.807, 2.05) is 6.07 Å². The highest BCUT2D eigenvalue weighted by Gasteiger charge is 2.34. The Bertz CT molecular complexity index is 805. The molecule has 3 heterocycles. The van der Waals surface area contributed by atoms with Crippen molar-refractivity contribution in [2.75, 3.05) is 18.9 Å². The summed E-state index contributed by atoms with van der Waals surface area (Å²) in [6, 6.07) is 5.22. The minimum absolute atomic E-state index is 0.0554. The minimum Gasteiger partial charge on any atom is -0.508 e. The molecule has 0 spiro atoms. The van der Waals surface area contributed by atoms with Crippen molar-refractivity contribution >= 4 is 38.2 Å². The number of likely N-dealkylation sites (N-methyl/N-ethyl adjacent to an activating group) is 1. The third-order valence-corrected chi connectivity index (χ3v) is 6.09. The quantitative estimate of drug-likeness (QED) is 0.594. The number of carbonyl (C=O) groups excluding carboxylic acids is 1. The Kier molecular flexibility index (Phi) is 3.59. The number of halogens is 1. The van der Waals surface area contributed by atoms with Crippen LogP contribution in [0.4, 0.5) is 5.00 Å². The van der Waals surface area contributed by atoms with Crippen LogP contribution >= 0.6 is 27.3 Å². The molecule has 7 heteroatoms. The lowest BCUT2D eigenvalue weighted by atomic mass is 10.0. The third kappa shape index (κ3) is 2.52. The number of hydrogen-bond donors (Lipinski definition) is 4. The first-order valence-corrected chi connectivity index (χ1v) is 9.15. The molecule has 2 atom stereocenters. The van der Waals surface area contributed by atoms with E-state index in [-0.39, 0.29) is 11.7 Å². The average Bonchev–Trinajstić information content (AvgIpc) is 2.87. The summed E-state index contributed by atoms with van der Waals surface area (Å²) in [7, 11) is 2.18. The smallest absolute Gasteiger partial charge is 0.256 e. The van der Waals surface area contributed by atoms with Gasteiger partial charge < -0.3 is 20.6 Å². The number of benzene rings is 1. The number of carbonyl (C=O) groups is 1. The van der Waals surface area contributed by atoms with Crippen molar-refractivity contribution in [3.63, 3.8) is 0 Å². The monoisotopic (exact) mass is 394 g/mol. The molecule has 120 valence electrons. The van der Waals surface area contributed by atoms with E-state index in [4.69, 9.17) is 0 Å². The summed E-state index contributed by atoms with van der Waals surface area (Å²) in [5.74, 6) is 0.111. The van der Waals surface area contributed by atoms with E-state index in [0.717, 1.165) is 34.5 Å². The molecule has 0 saturated heterocycles. The van der Waals surface area contributed by atoms with Gasteiger partial charge in [0.05, 0.1) is 24.0 Å². The van der Waals surface area contributed by atoms with Gasteiger partial charge >= 0.3 is 0 Å². The fourth-order valence-electron chi connectivity index (χ4n) is 3.24. The second-order valence-electron chi connectivity index (χ2n) is 6.10. The SMILES string of the molecule is C[NH+]1CCc2c(sc3c2C(=O)N[C@@H](c2cc(Br)ccc2O)N3)C1. The molecule has 0 saturated carbocycles. The molecule has 4 rings (SSSR count). The molecule has 2 aromatic rings. The molecular weight excluding hydrogens is 378 g/mol. The van der Waals surface area contributed by atoms with Crippen molar-refractivity contribution in [3.8, 4) is 5.75 Å². The van der Waals surface area contributed by atoms with Gasteiger partial charge in [0.1, 0.15) is 23.5 Å². The lowest BCUT2D eigenvalue weighted by molar-refractivity contribution is -0.895. The van der Waals surface area contributed by atoms with Crippen molar-refractivity contribution in [2.24, 2.45) is 0 Å². The summed E-state index contributed by atoms with van der Waals surface area (Å²) in [6.07, 6.45) is 0.521. The number of phenolic OH excluding ortho intramolecular Hbond substituents is 1. The zero-order valence-corrected chi connectivity index (χ0v) is 15.0. The van der Waals surface area contributed by atoms with Crippen LogP contribution in [-0.2, 0) is 13.0 Å². The summed E-state index contributed by atoms with van der Waals surface area (Å²) >= 11 is 5.08. The molecule has 0 aliphatic carbocycles. The normalized spacial score (nSPS) is 22.8. The molecule has 0 radical (unpaired) electrons. The second-order valence-corrected chi connectivity index (χ2v) is 8.12. The van der Waals surface area contributed by atoms with Crippen molar-refractivity contribution in [2.45, 2.75) is 19.1 Å². The molecule has 2 aliphatic rings. The average molecular weight is 395 g/mol. The molecule has 1 unspecified atom stereocenters. The van der Waals surface area contributed by atoms with Gasteiger partial charge in [0.15, 0.2) is 0 Å². The lowest BCUT2D eigenvalue weighted by Gasteiger charge is -2.27. The van der Waals surface area contributed by atoms with E-state index < -0.39 is 6.17 Å². The third-order valence-electron chi connectivity index (χ3n) is 4.43. The number of aromatic hydroxyl groups is 1. The molecular formula is C16H17BrN3O2S+. The van der Waals surface area contributed by atoms with Crippen LogP contribution in [0.5, 0.6) is 5.75 Å². The van der Waals surface area contributed by atoms with Crippen LogP contribution in [0.15, 0.2) is 22.7 Å². The Labute approximate surface area is 146 Å². The number of anilines is 1. The Morgan fingerprint density at radius 2 is 2.22 bits per heavy atom. The predicted molar refractivity (Wildman–Crippen MR) is 93.1 cm³/mol. The first kappa shape index (κ1) is 15.0. The largest absolute Gasteiger partial charge is 0.508 e. The number of amides is 1. The van der Waals surface area contributed by atoms with Crippen LogP contribution in [0.1, 0.15) is 32.5 Å². The van der Waals surface area contributed by atoms with Gasteiger partial charge in [0.25, 0.3) is 5.91 Å². The van der Waals surface area contributed by atoms with Crippen molar-refractivity contribution in [3.05, 3.63) is 44.2 Å². The first-order valence-electron chi connectivity index (χ1n) is 7.54. The number of fused-ring (bicyclic) bond motifs is 3. The second kappa shape index (κ2) is 5.51. The number of hydrogen-bond acceptors (Lipinski definition) is 4. The van der Waals surface area contributed by atoms with Crippen LogP contribution in [0.25, 0.3) is 0 Å². The number of rotatable bonds is 1. The summed E-state index contributed by atoms with van der Waals surface area (Å²) in [4.78, 5) is 15.4. The zero-order valence-electron chi connectivity index (χ0n) is 12.6. The fraction of sp³-hybridized carbons (Fsp3) is 0.312. The summed E-state index contributed by atoms with van der Waals surface area (Å²) in [5, 5.41) is 17.4. The van der Waals surface area contributed by atoms with Crippen molar-refractivity contribution in [1.82, 2.24) is 5.32 Å². The zero-order chi connectivity index (χ0) is 16.1. The molecule has 2 aliphatic heterocycles. The van der Waals surface area contributed by atoms with Gasteiger partial charge in [-0.05, 0) is 23.8 Å². The van der Waals surface area contributed by atoms with Crippen LogP contribution in [0.2, 0.25) is 0 Å². The van der Waals surface area contributed by atoms with Gasteiger partial charge in [-0.25, -0.2) is 0 Å². The molecule has 1 amide bonds. The maximum atomic E-state index is 12.6. The maximum absolute atomic E-state index is 12.6. The Hall–Kier alpha value is -1.57. The van der Waals surface area contributed by atoms with Gasteiger partial charge in [-0.3, -0.25) is 4.79 Å². The standard InChI is InChI=1S/C16H16BrN3O2S/c1-20-5-4-9-12(7-20)23-16-13(9)15(22)18-14(19-16)10-6-8(17)2-3-11(10)21/h2-3,6,14,19,21H,4-5,7H2,1H3,(H,18,22)/p+1/t14-/m1/s1.